The van der Waals surface area contributed by atoms with Crippen LogP contribution in [0.25, 0.3) is 11.1 Å². The van der Waals surface area contributed by atoms with Crippen LogP contribution in [0.2, 0.25) is 5.02 Å². The number of anilines is 1. The van der Waals surface area contributed by atoms with Gasteiger partial charge in [0, 0.05) is 34.8 Å². The summed E-state index contributed by atoms with van der Waals surface area (Å²) in [5, 5.41) is 0.114. The number of alkyl halides is 3. The van der Waals surface area contributed by atoms with Gasteiger partial charge in [-0.3, -0.25) is 4.79 Å². The van der Waals surface area contributed by atoms with Crippen molar-refractivity contribution in [3.8, 4) is 11.1 Å². The normalized spacial score (nSPS) is 15.2. The summed E-state index contributed by atoms with van der Waals surface area (Å²) < 4.78 is 53.0. The summed E-state index contributed by atoms with van der Waals surface area (Å²) >= 11 is 6.06. The van der Waals surface area contributed by atoms with Crippen molar-refractivity contribution in [2.45, 2.75) is 19.0 Å². The molecular weight excluding hydrogens is 346 g/mol. The van der Waals surface area contributed by atoms with Crippen LogP contribution in [0, 0.1) is 5.82 Å². The Hall–Kier alpha value is -2.08. The van der Waals surface area contributed by atoms with E-state index in [4.69, 9.17) is 11.6 Å². The summed E-state index contributed by atoms with van der Waals surface area (Å²) in [7, 11) is 0. The minimum absolute atomic E-state index is 0.0761. The zero-order valence-electron chi connectivity index (χ0n) is 12.3. The summed E-state index contributed by atoms with van der Waals surface area (Å²) in [4.78, 5) is 13.3. The summed E-state index contributed by atoms with van der Waals surface area (Å²) in [5.41, 5.74) is -0.979. The monoisotopic (exact) mass is 357 g/mol. The van der Waals surface area contributed by atoms with Gasteiger partial charge >= 0.3 is 6.18 Å². The Balaban J connectivity index is 2.11. The third-order valence-corrected chi connectivity index (χ3v) is 4.26. The molecule has 1 heterocycles. The van der Waals surface area contributed by atoms with E-state index < -0.39 is 17.6 Å². The predicted octanol–water partition coefficient (Wildman–Crippen LogP) is 5.29. The van der Waals surface area contributed by atoms with Gasteiger partial charge in [0.1, 0.15) is 5.82 Å². The smallest absolute Gasteiger partial charge is 0.312 e. The molecule has 3 rings (SSSR count). The lowest BCUT2D eigenvalue weighted by Gasteiger charge is -2.18. The van der Waals surface area contributed by atoms with Crippen molar-refractivity contribution in [2.75, 3.05) is 11.4 Å². The molecular formula is C17H12ClF4NO. The lowest BCUT2D eigenvalue weighted by Crippen LogP contribution is -2.23. The van der Waals surface area contributed by atoms with Crippen molar-refractivity contribution in [3.63, 3.8) is 0 Å². The fourth-order valence-electron chi connectivity index (χ4n) is 2.77. The Morgan fingerprint density at radius 2 is 1.83 bits per heavy atom. The van der Waals surface area contributed by atoms with Crippen LogP contribution >= 0.6 is 11.6 Å². The highest BCUT2D eigenvalue weighted by Gasteiger charge is 2.35. The van der Waals surface area contributed by atoms with E-state index in [9.17, 15) is 22.4 Å². The van der Waals surface area contributed by atoms with Gasteiger partial charge in [-0.1, -0.05) is 23.7 Å². The van der Waals surface area contributed by atoms with Crippen molar-refractivity contribution >= 4 is 23.2 Å². The molecule has 1 amide bonds. The van der Waals surface area contributed by atoms with Gasteiger partial charge in [-0.05, 0) is 30.7 Å². The van der Waals surface area contributed by atoms with Crippen molar-refractivity contribution in [2.24, 2.45) is 0 Å². The fraction of sp³-hybridized carbons (Fsp3) is 0.235. The largest absolute Gasteiger partial charge is 0.419 e. The number of halogens is 5. The minimum atomic E-state index is -4.80. The van der Waals surface area contributed by atoms with E-state index in [1.807, 2.05) is 0 Å². The molecule has 7 heteroatoms. The first-order valence-electron chi connectivity index (χ1n) is 7.25. The molecule has 2 aromatic rings. The molecule has 0 saturated carbocycles. The van der Waals surface area contributed by atoms with Gasteiger partial charge in [0.05, 0.1) is 5.56 Å². The second-order valence-corrected chi connectivity index (χ2v) is 5.89. The quantitative estimate of drug-likeness (QED) is 0.669. The first-order valence-corrected chi connectivity index (χ1v) is 7.63. The zero-order valence-corrected chi connectivity index (χ0v) is 13.1. The van der Waals surface area contributed by atoms with Crippen LogP contribution in [-0.4, -0.2) is 12.5 Å². The maximum atomic E-state index is 14.4. The molecule has 0 N–H and O–H groups in total. The van der Waals surface area contributed by atoms with Gasteiger partial charge in [-0.25, -0.2) is 4.39 Å². The number of hydrogen-bond acceptors (Lipinski definition) is 1. The van der Waals surface area contributed by atoms with Gasteiger partial charge in [-0.15, -0.1) is 0 Å². The number of amides is 1. The van der Waals surface area contributed by atoms with Crippen LogP contribution in [0.4, 0.5) is 23.2 Å². The highest BCUT2D eigenvalue weighted by molar-refractivity contribution is 6.33. The van der Waals surface area contributed by atoms with Gasteiger partial charge < -0.3 is 4.90 Å². The van der Waals surface area contributed by atoms with Crippen molar-refractivity contribution < 1.29 is 22.4 Å². The molecule has 24 heavy (non-hydrogen) atoms. The molecule has 0 aliphatic carbocycles. The van der Waals surface area contributed by atoms with Gasteiger partial charge in [-0.2, -0.15) is 13.2 Å². The first kappa shape index (κ1) is 16.8. The number of carbonyl (C=O) groups excluding carboxylic acids is 1. The van der Waals surface area contributed by atoms with E-state index in [-0.39, 0.29) is 22.1 Å². The van der Waals surface area contributed by atoms with Crippen molar-refractivity contribution in [3.05, 3.63) is 52.8 Å². The van der Waals surface area contributed by atoms with E-state index in [0.717, 1.165) is 6.07 Å². The third kappa shape index (κ3) is 2.98. The Bertz CT molecular complexity index is 804. The maximum absolute atomic E-state index is 14.4. The molecule has 1 aliphatic rings. The molecule has 0 spiro atoms. The standard InChI is InChI=1S/C17H12ClF4NO/c18-14-7-6-10(23-8-2-5-15(23)24)9-12(14)11-3-1-4-13(16(11)19)17(20,21)22/h1,3-4,6-7,9H,2,5,8H2. The number of rotatable bonds is 2. The molecule has 1 fully saturated rings. The zero-order chi connectivity index (χ0) is 17.5. The third-order valence-electron chi connectivity index (χ3n) is 3.93. The highest BCUT2D eigenvalue weighted by atomic mass is 35.5. The Morgan fingerprint density at radius 1 is 1.08 bits per heavy atom. The van der Waals surface area contributed by atoms with E-state index >= 15 is 0 Å². The average Bonchev–Trinajstić information content (AvgIpc) is 2.93. The van der Waals surface area contributed by atoms with E-state index in [2.05, 4.69) is 0 Å². The molecule has 0 atom stereocenters. The van der Waals surface area contributed by atoms with Crippen LogP contribution in [0.3, 0.4) is 0 Å². The van der Waals surface area contributed by atoms with E-state index in [1.54, 1.807) is 6.07 Å². The maximum Gasteiger partial charge on any atom is 0.419 e. The molecule has 0 radical (unpaired) electrons. The SMILES string of the molecule is O=C1CCCN1c1ccc(Cl)c(-c2cccc(C(F)(F)F)c2F)c1. The number of carbonyl (C=O) groups is 1. The molecule has 0 bridgehead atoms. The number of benzene rings is 2. The fourth-order valence-corrected chi connectivity index (χ4v) is 2.99. The first-order chi connectivity index (χ1) is 11.3. The van der Waals surface area contributed by atoms with E-state index in [0.29, 0.717) is 31.1 Å². The molecule has 1 saturated heterocycles. The number of nitrogens with zero attached hydrogens (tertiary/aromatic N) is 1. The Labute approximate surface area is 140 Å². The predicted molar refractivity (Wildman–Crippen MR) is 83.4 cm³/mol. The van der Waals surface area contributed by atoms with Crippen LogP contribution in [-0.2, 0) is 11.0 Å². The minimum Gasteiger partial charge on any atom is -0.312 e. The van der Waals surface area contributed by atoms with Gasteiger partial charge in [0.15, 0.2) is 0 Å². The summed E-state index contributed by atoms with van der Waals surface area (Å²) in [6.45, 7) is 0.519. The topological polar surface area (TPSA) is 20.3 Å². The second kappa shape index (κ2) is 6.09. The molecule has 0 aromatic heterocycles. The molecule has 126 valence electrons. The Kier molecular flexibility index (Phi) is 4.25. The summed E-state index contributed by atoms with van der Waals surface area (Å²) in [6, 6.07) is 7.55. The average molecular weight is 358 g/mol. The van der Waals surface area contributed by atoms with Gasteiger partial charge in [0.2, 0.25) is 5.91 Å². The lowest BCUT2D eigenvalue weighted by molar-refractivity contribution is -0.139. The summed E-state index contributed by atoms with van der Waals surface area (Å²) in [6.07, 6.45) is -3.68. The summed E-state index contributed by atoms with van der Waals surface area (Å²) in [5.74, 6) is -1.45. The van der Waals surface area contributed by atoms with Crippen molar-refractivity contribution in [1.82, 2.24) is 0 Å². The van der Waals surface area contributed by atoms with Crippen molar-refractivity contribution in [1.29, 1.82) is 0 Å². The van der Waals surface area contributed by atoms with E-state index in [1.165, 1.54) is 23.1 Å². The molecule has 1 aliphatic heterocycles. The second-order valence-electron chi connectivity index (χ2n) is 5.48. The molecule has 2 aromatic carbocycles. The van der Waals surface area contributed by atoms with Crippen LogP contribution in [0.5, 0.6) is 0 Å². The van der Waals surface area contributed by atoms with Crippen LogP contribution in [0.15, 0.2) is 36.4 Å². The number of hydrogen-bond donors (Lipinski definition) is 0. The molecule has 0 unspecified atom stereocenters. The Morgan fingerprint density at radius 3 is 2.46 bits per heavy atom. The lowest BCUT2D eigenvalue weighted by atomic mass is 10.0. The highest BCUT2D eigenvalue weighted by Crippen LogP contribution is 2.39. The van der Waals surface area contributed by atoms with Gasteiger partial charge in [0.25, 0.3) is 0 Å². The van der Waals surface area contributed by atoms with Crippen LogP contribution in [0.1, 0.15) is 18.4 Å². The van der Waals surface area contributed by atoms with Crippen LogP contribution < -0.4 is 4.90 Å². The molecule has 2 nitrogen and oxygen atoms in total.